The first-order valence-corrected chi connectivity index (χ1v) is 6.35. The molecule has 0 spiro atoms. The van der Waals surface area contributed by atoms with Crippen LogP contribution in [0, 0.1) is 0 Å². The zero-order valence-corrected chi connectivity index (χ0v) is 10.4. The summed E-state index contributed by atoms with van der Waals surface area (Å²) in [6.45, 7) is 0. The van der Waals surface area contributed by atoms with Gasteiger partial charge in [0.15, 0.2) is 5.43 Å². The maximum atomic E-state index is 11.4. The Morgan fingerprint density at radius 2 is 1.89 bits per heavy atom. The van der Waals surface area contributed by atoms with Gasteiger partial charge < -0.3 is 9.52 Å². The first kappa shape index (κ1) is 12.4. The second-order valence-corrected chi connectivity index (χ2v) is 4.43. The zero-order chi connectivity index (χ0) is 13.1. The van der Waals surface area contributed by atoms with Gasteiger partial charge in [0.2, 0.25) is 5.76 Å². The fourth-order valence-corrected chi connectivity index (χ4v) is 1.89. The first-order valence-electron chi connectivity index (χ1n) is 5.13. The molecule has 1 aromatic heterocycles. The summed E-state index contributed by atoms with van der Waals surface area (Å²) in [4.78, 5) is 23.3. The van der Waals surface area contributed by atoms with Gasteiger partial charge in [0.05, 0.1) is 0 Å². The number of thioether (sulfide) groups is 1. The molecule has 0 saturated heterocycles. The number of benzene rings is 1. The molecule has 0 aliphatic heterocycles. The minimum Gasteiger partial charge on any atom is -0.475 e. The van der Waals surface area contributed by atoms with Crippen molar-refractivity contribution in [2.24, 2.45) is 0 Å². The van der Waals surface area contributed by atoms with Crippen molar-refractivity contribution in [1.82, 2.24) is 0 Å². The van der Waals surface area contributed by atoms with Crippen LogP contribution >= 0.6 is 11.8 Å². The molecule has 0 radical (unpaired) electrons. The lowest BCUT2D eigenvalue weighted by molar-refractivity contribution is 0.0660. The number of hydrogen-bond acceptors (Lipinski definition) is 4. The number of aromatic carboxylic acids is 1. The van der Waals surface area contributed by atoms with E-state index in [4.69, 9.17) is 9.52 Å². The van der Waals surface area contributed by atoms with Crippen LogP contribution in [0.1, 0.15) is 10.6 Å². The predicted octanol–water partition coefficient (Wildman–Crippen LogP) is 2.73. The monoisotopic (exact) mass is 262 g/mol. The number of rotatable bonds is 3. The lowest BCUT2D eigenvalue weighted by Crippen LogP contribution is -2.05. The van der Waals surface area contributed by atoms with Gasteiger partial charge in [0, 0.05) is 22.6 Å². The Balaban J connectivity index is 2.49. The van der Waals surface area contributed by atoms with Gasteiger partial charge in [0.1, 0.15) is 5.76 Å². The second-order valence-electron chi connectivity index (χ2n) is 3.56. The van der Waals surface area contributed by atoms with Crippen molar-refractivity contribution in [1.29, 1.82) is 0 Å². The molecule has 1 aromatic carbocycles. The summed E-state index contributed by atoms with van der Waals surface area (Å²) < 4.78 is 5.17. The Kier molecular flexibility index (Phi) is 3.53. The Labute approximate surface area is 107 Å². The van der Waals surface area contributed by atoms with Gasteiger partial charge in [-0.2, -0.15) is 0 Å². The quantitative estimate of drug-likeness (QED) is 0.861. The molecule has 0 saturated carbocycles. The summed E-state index contributed by atoms with van der Waals surface area (Å²) in [5, 5.41) is 8.83. The van der Waals surface area contributed by atoms with Crippen LogP contribution in [0.4, 0.5) is 0 Å². The van der Waals surface area contributed by atoms with Gasteiger partial charge in [-0.15, -0.1) is 11.8 Å². The van der Waals surface area contributed by atoms with E-state index in [0.29, 0.717) is 5.56 Å². The first-order chi connectivity index (χ1) is 8.60. The highest BCUT2D eigenvalue weighted by atomic mass is 32.2. The molecule has 0 aliphatic carbocycles. The molecule has 1 heterocycles. The molecule has 0 fully saturated rings. The lowest BCUT2D eigenvalue weighted by atomic mass is 10.1. The minimum absolute atomic E-state index is 0.257. The van der Waals surface area contributed by atoms with Crippen molar-refractivity contribution in [3.05, 3.63) is 52.4 Å². The lowest BCUT2D eigenvalue weighted by Gasteiger charge is -2.03. The molecule has 2 aromatic rings. The summed E-state index contributed by atoms with van der Waals surface area (Å²) >= 11 is 1.60. The summed E-state index contributed by atoms with van der Waals surface area (Å²) in [6.07, 6.45) is 1.96. The SMILES string of the molecule is CSc1ccc(-c2cc(=O)cc(C(=O)O)o2)cc1. The van der Waals surface area contributed by atoms with Crippen LogP contribution in [0.2, 0.25) is 0 Å². The number of carboxylic acids is 1. The van der Waals surface area contributed by atoms with Crippen LogP contribution in [-0.2, 0) is 0 Å². The van der Waals surface area contributed by atoms with Gasteiger partial charge in [-0.3, -0.25) is 4.79 Å². The topological polar surface area (TPSA) is 67.5 Å². The molecule has 2 rings (SSSR count). The smallest absolute Gasteiger partial charge is 0.371 e. The van der Waals surface area contributed by atoms with Gasteiger partial charge in [-0.25, -0.2) is 4.79 Å². The third kappa shape index (κ3) is 2.62. The predicted molar refractivity (Wildman–Crippen MR) is 69.2 cm³/mol. The van der Waals surface area contributed by atoms with E-state index in [1.54, 1.807) is 23.9 Å². The number of carbonyl (C=O) groups is 1. The van der Waals surface area contributed by atoms with Crippen LogP contribution in [0.15, 0.2) is 50.5 Å². The van der Waals surface area contributed by atoms with Crippen molar-refractivity contribution < 1.29 is 14.3 Å². The Morgan fingerprint density at radius 1 is 1.22 bits per heavy atom. The number of carboxylic acid groups (broad SMARTS) is 1. The molecular weight excluding hydrogens is 252 g/mol. The summed E-state index contributed by atoms with van der Waals surface area (Å²) in [6, 6.07) is 9.58. The highest BCUT2D eigenvalue weighted by molar-refractivity contribution is 7.98. The molecule has 0 aliphatic rings. The van der Waals surface area contributed by atoms with Crippen molar-refractivity contribution in [3.8, 4) is 11.3 Å². The third-order valence-electron chi connectivity index (χ3n) is 2.35. The zero-order valence-electron chi connectivity index (χ0n) is 9.54. The molecule has 0 atom stereocenters. The van der Waals surface area contributed by atoms with Crippen LogP contribution in [0.25, 0.3) is 11.3 Å². The largest absolute Gasteiger partial charge is 0.475 e. The van der Waals surface area contributed by atoms with E-state index in [0.717, 1.165) is 11.0 Å². The Hall–Kier alpha value is -2.01. The van der Waals surface area contributed by atoms with E-state index in [1.807, 2.05) is 18.4 Å². The molecule has 18 heavy (non-hydrogen) atoms. The van der Waals surface area contributed by atoms with E-state index in [2.05, 4.69) is 0 Å². The van der Waals surface area contributed by atoms with E-state index in [-0.39, 0.29) is 16.9 Å². The molecule has 0 amide bonds. The average molecular weight is 262 g/mol. The van der Waals surface area contributed by atoms with Crippen LogP contribution < -0.4 is 5.43 Å². The maximum Gasteiger partial charge on any atom is 0.371 e. The molecule has 92 valence electrons. The van der Waals surface area contributed by atoms with E-state index in [1.165, 1.54) is 6.07 Å². The second kappa shape index (κ2) is 5.10. The van der Waals surface area contributed by atoms with E-state index < -0.39 is 5.97 Å². The Morgan fingerprint density at radius 3 is 2.44 bits per heavy atom. The highest BCUT2D eigenvalue weighted by Crippen LogP contribution is 2.22. The standard InChI is InChI=1S/C13H10O4S/c1-18-10-4-2-8(3-5-10)11-6-9(14)7-12(17-11)13(15)16/h2-7H,1H3,(H,15,16). The van der Waals surface area contributed by atoms with Gasteiger partial charge >= 0.3 is 5.97 Å². The van der Waals surface area contributed by atoms with E-state index in [9.17, 15) is 9.59 Å². The highest BCUT2D eigenvalue weighted by Gasteiger charge is 2.10. The van der Waals surface area contributed by atoms with Gasteiger partial charge in [-0.05, 0) is 18.4 Å². The Bertz CT molecular complexity index is 628. The van der Waals surface area contributed by atoms with Crippen molar-refractivity contribution >= 4 is 17.7 Å². The van der Waals surface area contributed by atoms with Gasteiger partial charge in [0.25, 0.3) is 0 Å². The van der Waals surface area contributed by atoms with Crippen molar-refractivity contribution in [3.63, 3.8) is 0 Å². The molecule has 4 nitrogen and oxygen atoms in total. The number of hydrogen-bond donors (Lipinski definition) is 1. The summed E-state index contributed by atoms with van der Waals surface area (Å²) in [5.74, 6) is -1.35. The van der Waals surface area contributed by atoms with Gasteiger partial charge in [-0.1, -0.05) is 12.1 Å². The van der Waals surface area contributed by atoms with Crippen LogP contribution in [0.3, 0.4) is 0 Å². The average Bonchev–Trinajstić information content (AvgIpc) is 2.38. The molecule has 0 bridgehead atoms. The summed E-state index contributed by atoms with van der Waals surface area (Å²) in [7, 11) is 0. The molecular formula is C13H10O4S. The molecule has 1 N–H and O–H groups in total. The molecule has 0 unspecified atom stereocenters. The van der Waals surface area contributed by atoms with Crippen molar-refractivity contribution in [2.75, 3.05) is 6.26 Å². The van der Waals surface area contributed by atoms with E-state index >= 15 is 0 Å². The minimum atomic E-state index is -1.25. The fraction of sp³-hybridized carbons (Fsp3) is 0.0769. The normalized spacial score (nSPS) is 10.3. The summed E-state index contributed by atoms with van der Waals surface area (Å²) in [5.41, 5.74) is 0.288. The maximum absolute atomic E-state index is 11.4. The molecule has 5 heteroatoms. The third-order valence-corrected chi connectivity index (χ3v) is 3.10. The fourth-order valence-electron chi connectivity index (χ4n) is 1.48. The van der Waals surface area contributed by atoms with Crippen LogP contribution in [-0.4, -0.2) is 17.3 Å². The van der Waals surface area contributed by atoms with Crippen molar-refractivity contribution in [2.45, 2.75) is 4.90 Å². The van der Waals surface area contributed by atoms with Crippen LogP contribution in [0.5, 0.6) is 0 Å².